The topological polar surface area (TPSA) is 29.1 Å². The van der Waals surface area contributed by atoms with Gasteiger partial charge in [-0.2, -0.15) is 0 Å². The van der Waals surface area contributed by atoms with Gasteiger partial charge >= 0.3 is 0 Å². The summed E-state index contributed by atoms with van der Waals surface area (Å²) >= 11 is 13.1. The standard InChI is InChI=1S/C11H11Cl2NOS/c1-2-5-14-11(15)7-16-10-6-8(12)3-4-9(10)13/h2-4,6H,1,5,7H2,(H,14,15). The van der Waals surface area contributed by atoms with Gasteiger partial charge in [-0.1, -0.05) is 29.3 Å². The van der Waals surface area contributed by atoms with Crippen molar-refractivity contribution in [3.63, 3.8) is 0 Å². The zero-order chi connectivity index (χ0) is 12.0. The van der Waals surface area contributed by atoms with Crippen molar-refractivity contribution >= 4 is 40.9 Å². The Morgan fingerprint density at radius 1 is 1.50 bits per heavy atom. The molecule has 0 aromatic heterocycles. The Morgan fingerprint density at radius 2 is 2.25 bits per heavy atom. The molecule has 0 unspecified atom stereocenters. The van der Waals surface area contributed by atoms with Crippen LogP contribution in [0.5, 0.6) is 0 Å². The summed E-state index contributed by atoms with van der Waals surface area (Å²) in [5.41, 5.74) is 0. The first-order chi connectivity index (χ1) is 7.63. The average molecular weight is 276 g/mol. The molecule has 1 N–H and O–H groups in total. The number of rotatable bonds is 5. The lowest BCUT2D eigenvalue weighted by Gasteiger charge is -2.04. The van der Waals surface area contributed by atoms with Crippen molar-refractivity contribution in [2.24, 2.45) is 0 Å². The Bertz CT molecular complexity index is 396. The number of benzene rings is 1. The minimum absolute atomic E-state index is 0.0547. The Morgan fingerprint density at radius 3 is 2.94 bits per heavy atom. The van der Waals surface area contributed by atoms with Gasteiger partial charge in [0, 0.05) is 16.5 Å². The van der Waals surface area contributed by atoms with E-state index < -0.39 is 0 Å². The molecule has 0 radical (unpaired) electrons. The Hall–Kier alpha value is -0.640. The van der Waals surface area contributed by atoms with Crippen LogP contribution in [-0.2, 0) is 4.79 Å². The van der Waals surface area contributed by atoms with Gasteiger partial charge in [-0.25, -0.2) is 0 Å². The first-order valence-electron chi connectivity index (χ1n) is 4.59. The predicted octanol–water partition coefficient (Wildman–Crippen LogP) is 3.39. The zero-order valence-corrected chi connectivity index (χ0v) is 10.8. The van der Waals surface area contributed by atoms with Crippen molar-refractivity contribution in [1.82, 2.24) is 5.32 Å². The van der Waals surface area contributed by atoms with E-state index in [9.17, 15) is 4.79 Å². The van der Waals surface area contributed by atoms with Crippen molar-refractivity contribution in [2.75, 3.05) is 12.3 Å². The van der Waals surface area contributed by atoms with E-state index in [1.165, 1.54) is 11.8 Å². The third-order valence-electron chi connectivity index (χ3n) is 1.70. The number of nitrogens with one attached hydrogen (secondary N) is 1. The van der Waals surface area contributed by atoms with Crippen LogP contribution in [0.4, 0.5) is 0 Å². The summed E-state index contributed by atoms with van der Waals surface area (Å²) in [6.07, 6.45) is 1.63. The summed E-state index contributed by atoms with van der Waals surface area (Å²) in [5, 5.41) is 3.90. The summed E-state index contributed by atoms with van der Waals surface area (Å²) in [6.45, 7) is 3.99. The molecule has 0 heterocycles. The minimum Gasteiger partial charge on any atom is -0.352 e. The molecule has 86 valence electrons. The second kappa shape index (κ2) is 6.84. The summed E-state index contributed by atoms with van der Waals surface area (Å²) in [4.78, 5) is 12.1. The third kappa shape index (κ3) is 4.47. The van der Waals surface area contributed by atoms with E-state index in [1.807, 2.05) is 0 Å². The molecule has 5 heteroatoms. The third-order valence-corrected chi connectivity index (χ3v) is 3.43. The minimum atomic E-state index is -0.0547. The molecule has 0 aliphatic carbocycles. The van der Waals surface area contributed by atoms with Gasteiger partial charge in [-0.05, 0) is 18.2 Å². The number of hydrogen-bond acceptors (Lipinski definition) is 2. The van der Waals surface area contributed by atoms with E-state index in [2.05, 4.69) is 11.9 Å². The van der Waals surface area contributed by atoms with Crippen molar-refractivity contribution in [1.29, 1.82) is 0 Å². The number of carbonyl (C=O) groups is 1. The quantitative estimate of drug-likeness (QED) is 0.659. The zero-order valence-electron chi connectivity index (χ0n) is 8.50. The molecule has 1 aromatic carbocycles. The van der Waals surface area contributed by atoms with Crippen LogP contribution in [0.25, 0.3) is 0 Å². The van der Waals surface area contributed by atoms with Gasteiger partial charge in [0.2, 0.25) is 5.91 Å². The molecule has 0 bridgehead atoms. The van der Waals surface area contributed by atoms with E-state index >= 15 is 0 Å². The van der Waals surface area contributed by atoms with E-state index in [4.69, 9.17) is 23.2 Å². The first-order valence-corrected chi connectivity index (χ1v) is 6.33. The number of amides is 1. The summed E-state index contributed by atoms with van der Waals surface area (Å²) in [6, 6.07) is 5.18. The fraction of sp³-hybridized carbons (Fsp3) is 0.182. The van der Waals surface area contributed by atoms with Crippen molar-refractivity contribution in [3.8, 4) is 0 Å². The van der Waals surface area contributed by atoms with Gasteiger partial charge in [0.05, 0.1) is 10.8 Å². The summed E-state index contributed by atoms with van der Waals surface area (Å²) in [7, 11) is 0. The maximum atomic E-state index is 11.3. The SMILES string of the molecule is C=CCNC(=O)CSc1cc(Cl)ccc1Cl. The van der Waals surface area contributed by atoms with E-state index in [0.717, 1.165) is 4.90 Å². The van der Waals surface area contributed by atoms with Crippen LogP contribution in [0.15, 0.2) is 35.7 Å². The number of thioether (sulfide) groups is 1. The van der Waals surface area contributed by atoms with Crippen LogP contribution in [0.1, 0.15) is 0 Å². The second-order valence-electron chi connectivity index (χ2n) is 2.96. The van der Waals surface area contributed by atoms with Gasteiger partial charge in [-0.15, -0.1) is 18.3 Å². The van der Waals surface area contributed by atoms with Crippen LogP contribution >= 0.6 is 35.0 Å². The highest BCUT2D eigenvalue weighted by Gasteiger charge is 2.05. The number of carbonyl (C=O) groups excluding carboxylic acids is 1. The molecule has 0 aliphatic rings. The van der Waals surface area contributed by atoms with Crippen LogP contribution in [0.3, 0.4) is 0 Å². The molecule has 1 rings (SSSR count). The van der Waals surface area contributed by atoms with Crippen LogP contribution in [0.2, 0.25) is 10.0 Å². The fourth-order valence-electron chi connectivity index (χ4n) is 0.968. The lowest BCUT2D eigenvalue weighted by Crippen LogP contribution is -2.24. The van der Waals surface area contributed by atoms with Crippen LogP contribution in [0, 0.1) is 0 Å². The Labute approximate surface area is 109 Å². The summed E-state index contributed by atoms with van der Waals surface area (Å²) in [5.74, 6) is 0.259. The molecule has 0 aliphatic heterocycles. The second-order valence-corrected chi connectivity index (χ2v) is 4.82. The van der Waals surface area contributed by atoms with Gasteiger partial charge in [0.15, 0.2) is 0 Å². The number of hydrogen-bond donors (Lipinski definition) is 1. The van der Waals surface area contributed by atoms with Crippen molar-refractivity contribution in [2.45, 2.75) is 4.90 Å². The van der Waals surface area contributed by atoms with Crippen molar-refractivity contribution in [3.05, 3.63) is 40.9 Å². The maximum Gasteiger partial charge on any atom is 0.230 e. The maximum absolute atomic E-state index is 11.3. The number of halogens is 2. The molecule has 0 spiro atoms. The molecule has 0 saturated carbocycles. The van der Waals surface area contributed by atoms with E-state index in [0.29, 0.717) is 22.3 Å². The fourth-order valence-corrected chi connectivity index (χ4v) is 2.29. The van der Waals surface area contributed by atoms with Gasteiger partial charge in [0.1, 0.15) is 0 Å². The van der Waals surface area contributed by atoms with Gasteiger partial charge < -0.3 is 5.32 Å². The highest BCUT2D eigenvalue weighted by atomic mass is 35.5. The monoisotopic (exact) mass is 275 g/mol. The average Bonchev–Trinajstić information content (AvgIpc) is 2.27. The molecule has 1 aromatic rings. The molecule has 0 fully saturated rings. The molecule has 1 amide bonds. The molecule has 2 nitrogen and oxygen atoms in total. The van der Waals surface area contributed by atoms with E-state index in [-0.39, 0.29) is 5.91 Å². The van der Waals surface area contributed by atoms with Gasteiger partial charge in [-0.3, -0.25) is 4.79 Å². The first kappa shape index (κ1) is 13.4. The van der Waals surface area contributed by atoms with E-state index in [1.54, 1.807) is 24.3 Å². The molecular formula is C11H11Cl2NOS. The van der Waals surface area contributed by atoms with Crippen LogP contribution < -0.4 is 5.32 Å². The smallest absolute Gasteiger partial charge is 0.230 e. The molecule has 0 saturated heterocycles. The Kier molecular flexibility index (Phi) is 5.74. The van der Waals surface area contributed by atoms with Crippen molar-refractivity contribution < 1.29 is 4.79 Å². The normalized spacial score (nSPS) is 9.88. The Balaban J connectivity index is 2.50. The highest BCUT2D eigenvalue weighted by Crippen LogP contribution is 2.29. The van der Waals surface area contributed by atoms with Gasteiger partial charge in [0.25, 0.3) is 0 Å². The lowest BCUT2D eigenvalue weighted by molar-refractivity contribution is -0.118. The molecule has 16 heavy (non-hydrogen) atoms. The predicted molar refractivity (Wildman–Crippen MR) is 70.4 cm³/mol. The summed E-state index contributed by atoms with van der Waals surface area (Å²) < 4.78 is 0. The molecule has 0 atom stereocenters. The van der Waals surface area contributed by atoms with Crippen LogP contribution in [-0.4, -0.2) is 18.2 Å². The lowest BCUT2D eigenvalue weighted by atomic mass is 10.4. The highest BCUT2D eigenvalue weighted by molar-refractivity contribution is 8.00. The largest absolute Gasteiger partial charge is 0.352 e. The molecular weight excluding hydrogens is 265 g/mol.